The lowest BCUT2D eigenvalue weighted by molar-refractivity contribution is 0.0141. The molecular formula is C18H27N3O5S3. The van der Waals surface area contributed by atoms with E-state index in [4.69, 9.17) is 4.74 Å². The number of carbonyl (C=O) groups is 2. The molecule has 3 heterocycles. The van der Waals surface area contributed by atoms with Crippen LogP contribution in [0.4, 0.5) is 4.79 Å². The van der Waals surface area contributed by atoms with Crippen molar-refractivity contribution in [1.82, 2.24) is 14.1 Å². The molecule has 0 radical (unpaired) electrons. The van der Waals surface area contributed by atoms with Gasteiger partial charge in [0.25, 0.3) is 5.91 Å². The number of nitrogens with zero attached hydrogens (tertiary/aromatic N) is 3. The van der Waals surface area contributed by atoms with Crippen LogP contribution in [0.3, 0.4) is 0 Å². The van der Waals surface area contributed by atoms with E-state index in [-0.39, 0.29) is 15.7 Å². The van der Waals surface area contributed by atoms with Gasteiger partial charge < -0.3 is 14.5 Å². The molecule has 162 valence electrons. The maximum atomic E-state index is 13.0. The predicted octanol–water partition coefficient (Wildman–Crippen LogP) is 2.18. The minimum Gasteiger partial charge on any atom is -0.444 e. The van der Waals surface area contributed by atoms with Gasteiger partial charge in [0.1, 0.15) is 15.4 Å². The monoisotopic (exact) mass is 461 g/mol. The largest absolute Gasteiger partial charge is 0.444 e. The second kappa shape index (κ2) is 8.83. The highest BCUT2D eigenvalue weighted by Crippen LogP contribution is 2.28. The zero-order valence-corrected chi connectivity index (χ0v) is 19.4. The van der Waals surface area contributed by atoms with Gasteiger partial charge in [0.05, 0.1) is 0 Å². The fourth-order valence-corrected chi connectivity index (χ4v) is 7.08. The molecule has 0 aromatic carbocycles. The molecule has 0 saturated carbocycles. The average molecular weight is 462 g/mol. The van der Waals surface area contributed by atoms with Gasteiger partial charge in [-0.1, -0.05) is 0 Å². The zero-order chi connectivity index (χ0) is 21.2. The normalized spacial score (nSPS) is 19.3. The van der Waals surface area contributed by atoms with Gasteiger partial charge in [0.15, 0.2) is 0 Å². The highest BCUT2D eigenvalue weighted by Gasteiger charge is 2.34. The molecule has 2 aliphatic rings. The summed E-state index contributed by atoms with van der Waals surface area (Å²) in [4.78, 5) is 28.7. The number of rotatable bonds is 3. The van der Waals surface area contributed by atoms with Crippen LogP contribution in [0.2, 0.25) is 0 Å². The number of carbonyl (C=O) groups excluding carboxylic acids is 2. The first-order valence-electron chi connectivity index (χ1n) is 9.52. The second-order valence-corrected chi connectivity index (χ2v) is 11.9. The molecule has 8 nitrogen and oxygen atoms in total. The van der Waals surface area contributed by atoms with E-state index in [9.17, 15) is 18.0 Å². The molecular weight excluding hydrogens is 434 g/mol. The molecule has 1 aromatic heterocycles. The van der Waals surface area contributed by atoms with Gasteiger partial charge in [-0.2, -0.15) is 16.1 Å². The first-order chi connectivity index (χ1) is 13.6. The molecule has 0 bridgehead atoms. The van der Waals surface area contributed by atoms with Crippen LogP contribution in [0, 0.1) is 0 Å². The fourth-order valence-electron chi connectivity index (χ4n) is 3.14. The highest BCUT2D eigenvalue weighted by molar-refractivity contribution is 7.99. The van der Waals surface area contributed by atoms with Crippen molar-refractivity contribution in [1.29, 1.82) is 0 Å². The predicted molar refractivity (Wildman–Crippen MR) is 114 cm³/mol. The molecule has 0 spiro atoms. The van der Waals surface area contributed by atoms with Crippen LogP contribution < -0.4 is 0 Å². The highest BCUT2D eigenvalue weighted by atomic mass is 32.2. The molecule has 0 aliphatic carbocycles. The van der Waals surface area contributed by atoms with E-state index in [2.05, 4.69) is 0 Å². The fraction of sp³-hybridized carbons (Fsp3) is 0.667. The summed E-state index contributed by atoms with van der Waals surface area (Å²) in [6.45, 7) is 7.76. The Labute approximate surface area is 180 Å². The molecule has 0 unspecified atom stereocenters. The van der Waals surface area contributed by atoms with Crippen molar-refractivity contribution in [3.8, 4) is 0 Å². The van der Waals surface area contributed by atoms with Gasteiger partial charge in [-0.25, -0.2) is 13.2 Å². The van der Waals surface area contributed by atoms with Gasteiger partial charge in [-0.15, -0.1) is 11.3 Å². The first kappa shape index (κ1) is 22.4. The Morgan fingerprint density at radius 2 is 1.59 bits per heavy atom. The first-order valence-corrected chi connectivity index (χ1v) is 13.0. The van der Waals surface area contributed by atoms with Crippen LogP contribution in [0.1, 0.15) is 30.4 Å². The Morgan fingerprint density at radius 3 is 2.17 bits per heavy atom. The molecule has 0 N–H and O–H groups in total. The lowest BCUT2D eigenvalue weighted by Crippen LogP contribution is -2.51. The number of amides is 2. The summed E-state index contributed by atoms with van der Waals surface area (Å²) >= 11 is 2.88. The third kappa shape index (κ3) is 5.25. The smallest absolute Gasteiger partial charge is 0.410 e. The average Bonchev–Trinajstić information content (AvgIpc) is 3.17. The maximum absolute atomic E-state index is 13.0. The molecule has 2 aliphatic heterocycles. The molecule has 1 aromatic rings. The Bertz CT molecular complexity index is 848. The topological polar surface area (TPSA) is 87.2 Å². The van der Waals surface area contributed by atoms with E-state index >= 15 is 0 Å². The third-order valence-electron chi connectivity index (χ3n) is 4.63. The maximum Gasteiger partial charge on any atom is 0.410 e. The van der Waals surface area contributed by atoms with Crippen LogP contribution in [0.5, 0.6) is 0 Å². The summed E-state index contributed by atoms with van der Waals surface area (Å²) in [6, 6.07) is 1.52. The summed E-state index contributed by atoms with van der Waals surface area (Å²) in [5.41, 5.74) is -0.572. The minimum absolute atomic E-state index is 0.0916. The van der Waals surface area contributed by atoms with Crippen molar-refractivity contribution < 1.29 is 22.7 Å². The van der Waals surface area contributed by atoms with Crippen molar-refractivity contribution >= 4 is 45.1 Å². The lowest BCUT2D eigenvalue weighted by Gasteiger charge is -2.35. The van der Waals surface area contributed by atoms with Crippen molar-refractivity contribution in [2.75, 3.05) is 50.8 Å². The van der Waals surface area contributed by atoms with E-state index in [1.54, 1.807) is 26.9 Å². The van der Waals surface area contributed by atoms with Crippen LogP contribution in [0.15, 0.2) is 16.3 Å². The molecule has 11 heteroatoms. The quantitative estimate of drug-likeness (QED) is 0.686. The molecule has 2 amide bonds. The molecule has 3 rings (SSSR count). The van der Waals surface area contributed by atoms with Gasteiger partial charge in [-0.05, 0) is 32.2 Å². The van der Waals surface area contributed by atoms with Crippen LogP contribution in [-0.4, -0.2) is 90.9 Å². The lowest BCUT2D eigenvalue weighted by atomic mass is 10.2. The molecule has 2 fully saturated rings. The molecule has 2 saturated heterocycles. The number of hydrogen-bond acceptors (Lipinski definition) is 7. The van der Waals surface area contributed by atoms with Crippen LogP contribution >= 0.6 is 23.1 Å². The van der Waals surface area contributed by atoms with E-state index in [1.807, 2.05) is 20.8 Å². The SMILES string of the molecule is CC(C)(C)OC(=O)N1CCN(C(=O)c2sccc2S(=O)(=O)N2CCSCC2)CC1. The van der Waals surface area contributed by atoms with Gasteiger partial charge >= 0.3 is 6.09 Å². The van der Waals surface area contributed by atoms with Crippen molar-refractivity contribution in [2.45, 2.75) is 31.3 Å². The number of thiophene rings is 1. The van der Waals surface area contributed by atoms with E-state index < -0.39 is 21.7 Å². The number of piperazine rings is 1. The van der Waals surface area contributed by atoms with Gasteiger partial charge in [0.2, 0.25) is 10.0 Å². The molecule has 0 atom stereocenters. The Hall–Kier alpha value is -1.30. The van der Waals surface area contributed by atoms with Crippen molar-refractivity contribution in [3.05, 3.63) is 16.3 Å². The Morgan fingerprint density at radius 1 is 1.00 bits per heavy atom. The van der Waals surface area contributed by atoms with E-state index in [1.165, 1.54) is 10.4 Å². The van der Waals surface area contributed by atoms with Crippen LogP contribution in [-0.2, 0) is 14.8 Å². The summed E-state index contributed by atoms with van der Waals surface area (Å²) < 4.78 is 32.9. The van der Waals surface area contributed by atoms with Crippen molar-refractivity contribution in [3.63, 3.8) is 0 Å². The summed E-state index contributed by atoms with van der Waals surface area (Å²) in [6.07, 6.45) is -0.396. The third-order valence-corrected chi connectivity index (χ3v) is 8.54. The Balaban J connectivity index is 1.67. The number of ether oxygens (including phenoxy) is 1. The Kier molecular flexibility index (Phi) is 6.81. The summed E-state index contributed by atoms with van der Waals surface area (Å²) in [7, 11) is -3.68. The minimum atomic E-state index is -3.68. The van der Waals surface area contributed by atoms with Gasteiger partial charge in [0, 0.05) is 50.8 Å². The van der Waals surface area contributed by atoms with Gasteiger partial charge in [-0.3, -0.25) is 4.79 Å². The number of sulfonamides is 1. The standard InChI is InChI=1S/C18H27N3O5S3/c1-18(2,3)26-17(23)20-7-5-19(6-8-20)16(22)15-14(4-11-28-15)29(24,25)21-9-12-27-13-10-21/h4,11H,5-10,12-13H2,1-3H3. The van der Waals surface area contributed by atoms with E-state index in [0.717, 1.165) is 22.8 Å². The molecule has 29 heavy (non-hydrogen) atoms. The summed E-state index contributed by atoms with van der Waals surface area (Å²) in [5.74, 6) is 1.23. The van der Waals surface area contributed by atoms with Crippen LogP contribution in [0.25, 0.3) is 0 Å². The summed E-state index contributed by atoms with van der Waals surface area (Å²) in [5, 5.41) is 1.65. The van der Waals surface area contributed by atoms with E-state index in [0.29, 0.717) is 39.3 Å². The number of hydrogen-bond donors (Lipinski definition) is 0. The van der Waals surface area contributed by atoms with Crippen molar-refractivity contribution in [2.24, 2.45) is 0 Å². The number of thioether (sulfide) groups is 1. The second-order valence-electron chi connectivity index (χ2n) is 7.89. The zero-order valence-electron chi connectivity index (χ0n) is 16.9.